The molecule has 2 aromatic rings. The van der Waals surface area contributed by atoms with E-state index in [1.165, 1.54) is 5.57 Å². The molecule has 8 nitrogen and oxygen atoms in total. The van der Waals surface area contributed by atoms with E-state index in [0.29, 0.717) is 29.6 Å². The Bertz CT molecular complexity index is 1070. The Morgan fingerprint density at radius 1 is 1.38 bits per heavy atom. The third kappa shape index (κ3) is 4.56. The fraction of sp³-hybridized carbons (Fsp3) is 0.542. The van der Waals surface area contributed by atoms with Crippen LogP contribution in [0.25, 0.3) is 5.52 Å². The maximum Gasteiger partial charge on any atom is 0.277 e. The molecule has 1 N–H and O–H groups in total. The van der Waals surface area contributed by atoms with Gasteiger partial charge in [0.15, 0.2) is 5.52 Å². The Morgan fingerprint density at radius 3 is 2.81 bits per heavy atom. The van der Waals surface area contributed by atoms with Gasteiger partial charge in [0.05, 0.1) is 18.8 Å². The Labute approximate surface area is 188 Å². The number of hydrogen-bond acceptors (Lipinski definition) is 6. The second kappa shape index (κ2) is 9.83. The first-order chi connectivity index (χ1) is 15.5. The first kappa shape index (κ1) is 22.5. The number of allylic oxidation sites excluding steroid dienone is 3. The smallest absolute Gasteiger partial charge is 0.277 e. The standard InChI is InChI=1S/C24H33N5O3/c1-5-18(8-7-16(3)32-6-2)20-14-28(15-20)17(4)22-26-24(30)21-13-25-23(29(21)27-22)19-9-11-31-12-10-19/h5,7-8,13,17,19-20H,3,6,9-12,14-15H2,1-2,4H3,(H,26,27,30)/b8-7-,18-5+. The molecule has 2 aliphatic heterocycles. The van der Waals surface area contributed by atoms with Crippen molar-refractivity contribution in [3.63, 3.8) is 0 Å². The van der Waals surface area contributed by atoms with Crippen molar-refractivity contribution < 1.29 is 9.47 Å². The summed E-state index contributed by atoms with van der Waals surface area (Å²) in [5.41, 5.74) is 1.62. The molecule has 0 radical (unpaired) electrons. The number of ether oxygens (including phenoxy) is 2. The van der Waals surface area contributed by atoms with E-state index >= 15 is 0 Å². The van der Waals surface area contributed by atoms with Crippen LogP contribution in [-0.2, 0) is 9.47 Å². The minimum atomic E-state index is -0.142. The fourth-order valence-corrected chi connectivity index (χ4v) is 4.46. The molecule has 4 rings (SSSR count). The summed E-state index contributed by atoms with van der Waals surface area (Å²) in [5, 5.41) is 4.80. The molecule has 0 spiro atoms. The summed E-state index contributed by atoms with van der Waals surface area (Å²) in [5.74, 6) is 2.92. The van der Waals surface area contributed by atoms with Crippen molar-refractivity contribution in [1.29, 1.82) is 0 Å². The van der Waals surface area contributed by atoms with E-state index in [0.717, 1.165) is 45.0 Å². The Kier molecular flexibility index (Phi) is 6.91. The van der Waals surface area contributed by atoms with Crippen LogP contribution in [0.3, 0.4) is 0 Å². The van der Waals surface area contributed by atoms with Gasteiger partial charge in [0.2, 0.25) is 0 Å². The average molecular weight is 440 g/mol. The van der Waals surface area contributed by atoms with E-state index in [9.17, 15) is 4.79 Å². The van der Waals surface area contributed by atoms with Crippen molar-refractivity contribution >= 4 is 5.52 Å². The van der Waals surface area contributed by atoms with Gasteiger partial charge in [0.1, 0.15) is 17.4 Å². The van der Waals surface area contributed by atoms with Gasteiger partial charge in [0.25, 0.3) is 5.56 Å². The summed E-state index contributed by atoms with van der Waals surface area (Å²) < 4.78 is 12.6. The van der Waals surface area contributed by atoms with Crippen molar-refractivity contribution in [2.75, 3.05) is 32.9 Å². The third-order valence-corrected chi connectivity index (χ3v) is 6.48. The van der Waals surface area contributed by atoms with Gasteiger partial charge in [-0.3, -0.25) is 9.69 Å². The molecule has 1 unspecified atom stereocenters. The van der Waals surface area contributed by atoms with Crippen molar-refractivity contribution in [1.82, 2.24) is 24.5 Å². The number of aromatic nitrogens is 4. The minimum absolute atomic E-state index is 0.00812. The Balaban J connectivity index is 1.47. The molecule has 172 valence electrons. The normalized spacial score (nSPS) is 20.0. The van der Waals surface area contributed by atoms with Crippen LogP contribution in [0.15, 0.2) is 47.1 Å². The SMILES string of the molecule is C=C(/C=C\C(=C/C)C1CN(C(C)c2nn3c(C4CCOCC4)ncc3c(=O)[nH]2)C1)OCC. The maximum atomic E-state index is 12.7. The number of likely N-dealkylation sites (tertiary alicyclic amines) is 1. The number of nitrogens with zero attached hydrogens (tertiary/aromatic N) is 4. The van der Waals surface area contributed by atoms with Gasteiger partial charge < -0.3 is 14.5 Å². The molecule has 0 amide bonds. The summed E-state index contributed by atoms with van der Waals surface area (Å²) in [6.07, 6.45) is 9.59. The Morgan fingerprint density at radius 2 is 2.12 bits per heavy atom. The van der Waals surface area contributed by atoms with Crippen molar-refractivity contribution in [2.24, 2.45) is 5.92 Å². The number of rotatable bonds is 8. The number of nitrogens with one attached hydrogen (secondary N) is 1. The molecule has 2 aromatic heterocycles. The first-order valence-electron chi connectivity index (χ1n) is 11.5. The van der Waals surface area contributed by atoms with Crippen molar-refractivity contribution in [3.8, 4) is 0 Å². The van der Waals surface area contributed by atoms with Crippen LogP contribution >= 0.6 is 0 Å². The summed E-state index contributed by atoms with van der Waals surface area (Å²) in [6, 6.07) is 0.00812. The number of aromatic amines is 1. The summed E-state index contributed by atoms with van der Waals surface area (Å²) in [6.45, 7) is 13.9. The highest BCUT2D eigenvalue weighted by Gasteiger charge is 2.34. The van der Waals surface area contributed by atoms with Crippen LogP contribution in [0.1, 0.15) is 57.2 Å². The molecule has 4 heterocycles. The summed E-state index contributed by atoms with van der Waals surface area (Å²) in [4.78, 5) is 22.5. The lowest BCUT2D eigenvalue weighted by Gasteiger charge is -2.43. The molecule has 2 fully saturated rings. The molecule has 0 aromatic carbocycles. The molecule has 2 saturated heterocycles. The highest BCUT2D eigenvalue weighted by molar-refractivity contribution is 5.42. The van der Waals surface area contributed by atoms with Gasteiger partial charge in [0, 0.05) is 38.1 Å². The second-order valence-electron chi connectivity index (χ2n) is 8.49. The van der Waals surface area contributed by atoms with Gasteiger partial charge in [-0.2, -0.15) is 5.10 Å². The summed E-state index contributed by atoms with van der Waals surface area (Å²) >= 11 is 0. The average Bonchev–Trinajstić information content (AvgIpc) is 3.20. The topological polar surface area (TPSA) is 84.8 Å². The fourth-order valence-electron chi connectivity index (χ4n) is 4.46. The van der Waals surface area contributed by atoms with Crippen LogP contribution in [0.5, 0.6) is 0 Å². The zero-order valence-corrected chi connectivity index (χ0v) is 19.2. The molecule has 0 bridgehead atoms. The second-order valence-corrected chi connectivity index (χ2v) is 8.49. The lowest BCUT2D eigenvalue weighted by Crippen LogP contribution is -2.49. The highest BCUT2D eigenvalue weighted by atomic mass is 16.5. The van der Waals surface area contributed by atoms with Crippen LogP contribution in [0.4, 0.5) is 0 Å². The van der Waals surface area contributed by atoms with Crippen LogP contribution < -0.4 is 5.56 Å². The van der Waals surface area contributed by atoms with Gasteiger partial charge in [-0.05, 0) is 45.3 Å². The van der Waals surface area contributed by atoms with E-state index in [1.807, 2.05) is 13.0 Å². The van der Waals surface area contributed by atoms with Crippen molar-refractivity contribution in [2.45, 2.75) is 45.6 Å². The van der Waals surface area contributed by atoms with Crippen molar-refractivity contribution in [3.05, 3.63) is 64.3 Å². The first-order valence-corrected chi connectivity index (χ1v) is 11.5. The van der Waals surface area contributed by atoms with Gasteiger partial charge in [-0.25, -0.2) is 9.50 Å². The molecule has 0 aliphatic carbocycles. The minimum Gasteiger partial charge on any atom is -0.495 e. The van der Waals surface area contributed by atoms with E-state index < -0.39 is 0 Å². The third-order valence-electron chi connectivity index (χ3n) is 6.48. The number of imidazole rings is 1. The van der Waals surface area contributed by atoms with E-state index in [-0.39, 0.29) is 17.5 Å². The highest BCUT2D eigenvalue weighted by Crippen LogP contribution is 2.32. The number of hydrogen-bond donors (Lipinski definition) is 1. The predicted octanol–water partition coefficient (Wildman–Crippen LogP) is 3.36. The zero-order chi connectivity index (χ0) is 22.7. The maximum absolute atomic E-state index is 12.7. The predicted molar refractivity (Wildman–Crippen MR) is 124 cm³/mol. The quantitative estimate of drug-likeness (QED) is 0.502. The van der Waals surface area contributed by atoms with Crippen LogP contribution in [0.2, 0.25) is 0 Å². The molecular formula is C24H33N5O3. The van der Waals surface area contributed by atoms with E-state index in [1.54, 1.807) is 10.7 Å². The molecule has 8 heteroatoms. The van der Waals surface area contributed by atoms with Crippen LogP contribution in [0, 0.1) is 5.92 Å². The largest absolute Gasteiger partial charge is 0.495 e. The molecule has 1 atom stereocenters. The lowest BCUT2D eigenvalue weighted by molar-refractivity contribution is 0.0754. The van der Waals surface area contributed by atoms with Gasteiger partial charge in [-0.1, -0.05) is 18.7 Å². The lowest BCUT2D eigenvalue weighted by atomic mass is 9.89. The number of H-pyrrole nitrogens is 1. The van der Waals surface area contributed by atoms with Gasteiger partial charge >= 0.3 is 0 Å². The van der Waals surface area contributed by atoms with Gasteiger partial charge in [-0.15, -0.1) is 0 Å². The zero-order valence-electron chi connectivity index (χ0n) is 19.2. The molecule has 32 heavy (non-hydrogen) atoms. The molecular weight excluding hydrogens is 406 g/mol. The molecule has 2 aliphatic rings. The Hall–Kier alpha value is -2.71. The number of fused-ring (bicyclic) bond motifs is 1. The van der Waals surface area contributed by atoms with E-state index in [4.69, 9.17) is 14.6 Å². The summed E-state index contributed by atoms with van der Waals surface area (Å²) in [7, 11) is 0. The molecule has 0 saturated carbocycles. The van der Waals surface area contributed by atoms with E-state index in [2.05, 4.69) is 47.4 Å². The monoisotopic (exact) mass is 439 g/mol. The van der Waals surface area contributed by atoms with Crippen LogP contribution in [-0.4, -0.2) is 57.4 Å².